The summed E-state index contributed by atoms with van der Waals surface area (Å²) in [6.45, 7) is 3.03. The Morgan fingerprint density at radius 1 is 1.03 bits per heavy atom. The molecule has 9 heteroatoms. The van der Waals surface area contributed by atoms with Crippen LogP contribution in [0, 0.1) is 0 Å². The summed E-state index contributed by atoms with van der Waals surface area (Å²) in [5.41, 5.74) is 3.71. The normalized spacial score (nSPS) is 13.9. The van der Waals surface area contributed by atoms with E-state index in [1.54, 1.807) is 4.68 Å². The molecule has 0 radical (unpaired) electrons. The lowest BCUT2D eigenvalue weighted by Crippen LogP contribution is -2.35. The summed E-state index contributed by atoms with van der Waals surface area (Å²) < 4.78 is 7.07. The summed E-state index contributed by atoms with van der Waals surface area (Å²) in [5.74, 6) is -0.128. The van der Waals surface area contributed by atoms with E-state index >= 15 is 0 Å². The number of rotatable bonds is 5. The van der Waals surface area contributed by atoms with E-state index in [0.717, 1.165) is 34.9 Å². The molecule has 0 unspecified atom stereocenters. The van der Waals surface area contributed by atoms with Gasteiger partial charge in [-0.2, -0.15) is 0 Å². The number of carbonyl (C=O) groups excluding carboxylic acids is 1. The number of benzene rings is 2. The van der Waals surface area contributed by atoms with E-state index in [4.69, 9.17) is 4.74 Å². The molecule has 1 aliphatic rings. The Bertz CT molecular complexity index is 1150. The van der Waals surface area contributed by atoms with Crippen LogP contribution in [0.1, 0.15) is 9.67 Å². The molecule has 1 aliphatic heterocycles. The Labute approximate surface area is 183 Å². The maximum Gasteiger partial charge on any atom is 0.265 e. The molecular weight excluding hydrogens is 412 g/mol. The number of tetrazole rings is 1. The van der Waals surface area contributed by atoms with Crippen LogP contribution in [0.5, 0.6) is 0 Å². The fourth-order valence-electron chi connectivity index (χ4n) is 3.49. The maximum atomic E-state index is 13.0. The molecule has 2 aromatic carbocycles. The molecule has 1 saturated heterocycles. The second-order valence-corrected chi connectivity index (χ2v) is 8.08. The highest BCUT2D eigenvalue weighted by atomic mass is 32.1. The van der Waals surface area contributed by atoms with Gasteiger partial charge in [-0.3, -0.25) is 4.79 Å². The van der Waals surface area contributed by atoms with Gasteiger partial charge in [-0.15, -0.1) is 16.4 Å². The number of aromatic nitrogens is 4. The highest BCUT2D eigenvalue weighted by molar-refractivity contribution is 7.18. The van der Waals surface area contributed by atoms with Crippen LogP contribution in [0.4, 0.5) is 10.7 Å². The van der Waals surface area contributed by atoms with Crippen molar-refractivity contribution in [3.05, 3.63) is 71.9 Å². The van der Waals surface area contributed by atoms with Crippen LogP contribution in [0.25, 0.3) is 16.8 Å². The molecule has 1 amide bonds. The third kappa shape index (κ3) is 4.18. The maximum absolute atomic E-state index is 13.0. The van der Waals surface area contributed by atoms with Crippen molar-refractivity contribution in [3.8, 4) is 16.8 Å². The zero-order valence-electron chi connectivity index (χ0n) is 16.6. The first kappa shape index (κ1) is 19.4. The Morgan fingerprint density at radius 2 is 1.81 bits per heavy atom. The lowest BCUT2D eigenvalue weighted by molar-refractivity contribution is 0.103. The van der Waals surface area contributed by atoms with Crippen LogP contribution >= 0.6 is 11.3 Å². The molecule has 0 bridgehead atoms. The second kappa shape index (κ2) is 8.66. The number of carbonyl (C=O) groups is 1. The molecular formula is C22H20N6O2S. The van der Waals surface area contributed by atoms with Crippen molar-refractivity contribution < 1.29 is 9.53 Å². The van der Waals surface area contributed by atoms with E-state index in [1.807, 2.05) is 48.5 Å². The SMILES string of the molecule is O=C(Nc1ccc(-n2cnnn2)cc1)c1cc(-c2ccccc2)c(N2CCOCC2)s1. The summed E-state index contributed by atoms with van der Waals surface area (Å²) in [5, 5.41) is 15.2. The van der Waals surface area contributed by atoms with Crippen molar-refractivity contribution in [1.82, 2.24) is 20.2 Å². The standard InChI is InChI=1S/C22H20N6O2S/c29-21(24-17-6-8-18(9-7-17)28-15-23-25-26-28)20-14-19(16-4-2-1-3-5-16)22(31-20)27-10-12-30-13-11-27/h1-9,14-15H,10-13H2,(H,24,29). The van der Waals surface area contributed by atoms with Crippen molar-refractivity contribution >= 4 is 27.9 Å². The van der Waals surface area contributed by atoms with E-state index in [2.05, 4.69) is 37.9 Å². The summed E-state index contributed by atoms with van der Waals surface area (Å²) in [7, 11) is 0. The van der Waals surface area contributed by atoms with Gasteiger partial charge in [0.05, 0.1) is 28.8 Å². The average Bonchev–Trinajstić information content (AvgIpc) is 3.52. The minimum atomic E-state index is -0.128. The number of nitrogens with one attached hydrogen (secondary N) is 1. The molecule has 1 fully saturated rings. The zero-order valence-corrected chi connectivity index (χ0v) is 17.5. The minimum Gasteiger partial charge on any atom is -0.378 e. The van der Waals surface area contributed by atoms with Gasteiger partial charge in [0.25, 0.3) is 5.91 Å². The highest BCUT2D eigenvalue weighted by Crippen LogP contribution is 2.39. The van der Waals surface area contributed by atoms with Gasteiger partial charge < -0.3 is 15.0 Å². The van der Waals surface area contributed by atoms with Gasteiger partial charge in [-0.05, 0) is 46.3 Å². The van der Waals surface area contributed by atoms with Crippen LogP contribution in [-0.2, 0) is 4.74 Å². The van der Waals surface area contributed by atoms with E-state index in [0.29, 0.717) is 23.8 Å². The first-order valence-electron chi connectivity index (χ1n) is 9.95. The monoisotopic (exact) mass is 432 g/mol. The smallest absolute Gasteiger partial charge is 0.265 e. The molecule has 31 heavy (non-hydrogen) atoms. The fraction of sp³-hybridized carbons (Fsp3) is 0.182. The molecule has 1 N–H and O–H groups in total. The molecule has 5 rings (SSSR count). The number of morpholine rings is 1. The minimum absolute atomic E-state index is 0.128. The van der Waals surface area contributed by atoms with Gasteiger partial charge in [-0.25, -0.2) is 4.68 Å². The average molecular weight is 433 g/mol. The molecule has 0 atom stereocenters. The van der Waals surface area contributed by atoms with Crippen molar-refractivity contribution in [2.75, 3.05) is 36.5 Å². The molecule has 2 aromatic heterocycles. The van der Waals surface area contributed by atoms with Gasteiger partial charge in [0.1, 0.15) is 6.33 Å². The van der Waals surface area contributed by atoms with Crippen LogP contribution in [0.3, 0.4) is 0 Å². The van der Waals surface area contributed by atoms with Crippen molar-refractivity contribution in [2.24, 2.45) is 0 Å². The lowest BCUT2D eigenvalue weighted by atomic mass is 10.1. The Kier molecular flexibility index (Phi) is 5.42. The molecule has 0 aliphatic carbocycles. The van der Waals surface area contributed by atoms with Crippen LogP contribution < -0.4 is 10.2 Å². The predicted octanol–water partition coefficient (Wildman–Crippen LogP) is 3.48. The van der Waals surface area contributed by atoms with E-state index < -0.39 is 0 Å². The summed E-state index contributed by atoms with van der Waals surface area (Å²) in [6.07, 6.45) is 1.53. The fourth-order valence-corrected chi connectivity index (χ4v) is 4.62. The molecule has 156 valence electrons. The summed E-state index contributed by atoms with van der Waals surface area (Å²) in [4.78, 5) is 16.0. The zero-order chi connectivity index (χ0) is 21.0. The number of hydrogen-bond donors (Lipinski definition) is 1. The number of amides is 1. The van der Waals surface area contributed by atoms with Crippen LogP contribution in [0.2, 0.25) is 0 Å². The number of nitrogens with zero attached hydrogens (tertiary/aromatic N) is 5. The van der Waals surface area contributed by atoms with E-state index in [9.17, 15) is 4.79 Å². The second-order valence-electron chi connectivity index (χ2n) is 7.05. The van der Waals surface area contributed by atoms with Crippen molar-refractivity contribution in [1.29, 1.82) is 0 Å². The van der Waals surface area contributed by atoms with Crippen LogP contribution in [-0.4, -0.2) is 52.4 Å². The Hall–Kier alpha value is -3.56. The number of anilines is 2. The van der Waals surface area contributed by atoms with Gasteiger partial charge >= 0.3 is 0 Å². The lowest BCUT2D eigenvalue weighted by Gasteiger charge is -2.28. The molecule has 0 spiro atoms. The first-order chi connectivity index (χ1) is 15.3. The van der Waals surface area contributed by atoms with Crippen molar-refractivity contribution in [2.45, 2.75) is 0 Å². The van der Waals surface area contributed by atoms with Gasteiger partial charge in [-0.1, -0.05) is 30.3 Å². The van der Waals surface area contributed by atoms with Gasteiger partial charge in [0.2, 0.25) is 0 Å². The van der Waals surface area contributed by atoms with Gasteiger partial charge in [0, 0.05) is 24.3 Å². The third-order valence-corrected chi connectivity index (χ3v) is 6.25. The number of thiophene rings is 1. The molecule has 0 saturated carbocycles. The third-order valence-electron chi connectivity index (χ3n) is 5.06. The topological polar surface area (TPSA) is 85.2 Å². The van der Waals surface area contributed by atoms with E-state index in [-0.39, 0.29) is 5.91 Å². The van der Waals surface area contributed by atoms with Crippen LogP contribution in [0.15, 0.2) is 67.0 Å². The number of hydrogen-bond acceptors (Lipinski definition) is 7. The first-order valence-corrected chi connectivity index (χ1v) is 10.8. The molecule has 3 heterocycles. The molecule has 4 aromatic rings. The number of ether oxygens (including phenoxy) is 1. The van der Waals surface area contributed by atoms with Gasteiger partial charge in [0.15, 0.2) is 0 Å². The van der Waals surface area contributed by atoms with E-state index in [1.165, 1.54) is 17.7 Å². The Balaban J connectivity index is 1.40. The molecule has 8 nitrogen and oxygen atoms in total. The summed E-state index contributed by atoms with van der Waals surface area (Å²) in [6, 6.07) is 19.5. The van der Waals surface area contributed by atoms with Crippen molar-refractivity contribution in [3.63, 3.8) is 0 Å². The Morgan fingerprint density at radius 3 is 2.52 bits per heavy atom. The highest BCUT2D eigenvalue weighted by Gasteiger charge is 2.22. The largest absolute Gasteiger partial charge is 0.378 e. The summed E-state index contributed by atoms with van der Waals surface area (Å²) >= 11 is 1.52. The quantitative estimate of drug-likeness (QED) is 0.520. The predicted molar refractivity (Wildman–Crippen MR) is 120 cm³/mol.